The van der Waals surface area contributed by atoms with Crippen LogP contribution in [-0.2, 0) is 20.3 Å². The topological polar surface area (TPSA) is 8.81 Å². The van der Waals surface area contributed by atoms with Gasteiger partial charge in [-0.05, 0) is 39.8 Å². The minimum atomic E-state index is -4.42. The van der Waals surface area contributed by atoms with Gasteiger partial charge in [0.1, 0.15) is 0 Å². The summed E-state index contributed by atoms with van der Waals surface area (Å²) in [5.41, 5.74) is 2.99. The summed E-state index contributed by atoms with van der Waals surface area (Å²) < 4.78 is 43.7. The Kier molecular flexibility index (Phi) is 4.36. The van der Waals surface area contributed by atoms with Crippen molar-refractivity contribution in [2.75, 3.05) is 0 Å². The number of nitrogens with zero attached hydrogens (tertiary/aromatic N) is 2. The van der Waals surface area contributed by atoms with Crippen molar-refractivity contribution in [3.63, 3.8) is 0 Å². The van der Waals surface area contributed by atoms with Crippen LogP contribution in [-0.4, -0.2) is 4.57 Å². The molecule has 25 heavy (non-hydrogen) atoms. The molecule has 0 amide bonds. The second-order valence-corrected chi connectivity index (χ2v) is 9.21. The van der Waals surface area contributed by atoms with Crippen LogP contribution in [0.25, 0.3) is 22.5 Å². The van der Waals surface area contributed by atoms with Crippen LogP contribution in [0, 0.1) is 27.7 Å². The fourth-order valence-corrected chi connectivity index (χ4v) is 5.33. The molecule has 0 aliphatic heterocycles. The van der Waals surface area contributed by atoms with Gasteiger partial charge < -0.3 is 0 Å². The molecule has 2 nitrogen and oxygen atoms in total. The quantitative estimate of drug-likeness (QED) is 0.511. The van der Waals surface area contributed by atoms with Crippen molar-refractivity contribution < 1.29 is 17.7 Å². The molecule has 0 unspecified atom stereocenters. The van der Waals surface area contributed by atoms with Crippen LogP contribution in [0.3, 0.4) is 0 Å². The van der Waals surface area contributed by atoms with Gasteiger partial charge in [0, 0.05) is 30.6 Å². The van der Waals surface area contributed by atoms with E-state index in [4.69, 9.17) is 0 Å². The highest BCUT2D eigenvalue weighted by Crippen LogP contribution is 2.41. The normalized spacial score (nSPS) is 12.2. The number of alkyl halides is 3. The maximum absolute atomic E-state index is 13.7. The number of hydrogen-bond donors (Lipinski definition) is 0. The highest BCUT2D eigenvalue weighted by Gasteiger charge is 2.47. The van der Waals surface area contributed by atoms with E-state index in [-0.39, 0.29) is 0 Å². The van der Waals surface area contributed by atoms with Crippen LogP contribution >= 0.6 is 22.7 Å². The molecular formula is C18H20F3N2S2+. The van der Waals surface area contributed by atoms with Gasteiger partial charge in [0.25, 0.3) is 0 Å². The van der Waals surface area contributed by atoms with E-state index >= 15 is 0 Å². The summed E-state index contributed by atoms with van der Waals surface area (Å²) in [5, 5.41) is 0. The van der Waals surface area contributed by atoms with Crippen molar-refractivity contribution in [1.29, 1.82) is 0 Å². The Morgan fingerprint density at radius 1 is 0.920 bits per heavy atom. The Labute approximate surface area is 153 Å². The molecule has 3 heterocycles. The zero-order chi connectivity index (χ0) is 18.7. The lowest BCUT2D eigenvalue weighted by molar-refractivity contribution is -0.680. The molecule has 0 radical (unpaired) electrons. The summed E-state index contributed by atoms with van der Waals surface area (Å²) in [6.45, 7) is 7.88. The van der Waals surface area contributed by atoms with Crippen LogP contribution in [0.2, 0.25) is 0 Å². The molecule has 0 fully saturated rings. The lowest BCUT2D eigenvalue weighted by Crippen LogP contribution is -2.39. The summed E-state index contributed by atoms with van der Waals surface area (Å²) in [5.74, 6) is -0.649. The lowest BCUT2D eigenvalue weighted by Gasteiger charge is -2.03. The summed E-state index contributed by atoms with van der Waals surface area (Å²) in [7, 11) is 3.01. The highest BCUT2D eigenvalue weighted by atomic mass is 32.1. The van der Waals surface area contributed by atoms with Crippen molar-refractivity contribution in [2.45, 2.75) is 33.9 Å². The Bertz CT molecular complexity index is 889. The van der Waals surface area contributed by atoms with E-state index in [2.05, 4.69) is 0 Å². The van der Waals surface area contributed by atoms with Gasteiger partial charge in [0.05, 0.1) is 14.1 Å². The minimum absolute atomic E-state index is 0.623. The van der Waals surface area contributed by atoms with Gasteiger partial charge in [-0.15, -0.1) is 22.7 Å². The van der Waals surface area contributed by atoms with E-state index in [0.29, 0.717) is 11.4 Å². The molecule has 3 rings (SSSR count). The maximum atomic E-state index is 13.7. The lowest BCUT2D eigenvalue weighted by atomic mass is 10.1. The molecule has 0 N–H and O–H groups in total. The second kappa shape index (κ2) is 5.99. The van der Waals surface area contributed by atoms with E-state index in [1.165, 1.54) is 23.2 Å². The number of rotatable bonds is 2. The Morgan fingerprint density at radius 3 is 1.80 bits per heavy atom. The molecule has 0 bridgehead atoms. The molecule has 7 heteroatoms. The fraction of sp³-hybridized carbons (Fsp3) is 0.389. The van der Waals surface area contributed by atoms with Crippen LogP contribution in [0.4, 0.5) is 13.2 Å². The Balaban J connectivity index is 2.44. The zero-order valence-corrected chi connectivity index (χ0v) is 16.6. The van der Waals surface area contributed by atoms with Crippen LogP contribution in [0.15, 0.2) is 12.1 Å². The third-order valence-electron chi connectivity index (χ3n) is 4.38. The molecule has 0 atom stereocenters. The smallest absolute Gasteiger partial charge is 0.221 e. The fourth-order valence-electron chi connectivity index (χ4n) is 3.48. The van der Waals surface area contributed by atoms with Gasteiger partial charge in [0.15, 0.2) is 11.4 Å². The number of thiophene rings is 2. The predicted octanol–water partition coefficient (Wildman–Crippen LogP) is 5.56. The van der Waals surface area contributed by atoms with Gasteiger partial charge in [-0.2, -0.15) is 13.2 Å². The molecule has 0 aliphatic rings. The van der Waals surface area contributed by atoms with Gasteiger partial charge in [-0.25, -0.2) is 9.13 Å². The molecule has 0 aromatic carbocycles. The van der Waals surface area contributed by atoms with Gasteiger partial charge in [-0.1, -0.05) is 0 Å². The first-order valence-electron chi connectivity index (χ1n) is 7.83. The Hall–Kier alpha value is -1.60. The van der Waals surface area contributed by atoms with E-state index < -0.39 is 12.0 Å². The summed E-state index contributed by atoms with van der Waals surface area (Å²) in [4.78, 5) is 4.24. The molecule has 0 saturated heterocycles. The molecule has 3 aromatic heterocycles. The number of aryl methyl sites for hydroxylation is 4. The molecule has 134 valence electrons. The third kappa shape index (κ3) is 2.93. The average molecular weight is 386 g/mol. The number of hydrogen-bond acceptors (Lipinski definition) is 2. The van der Waals surface area contributed by atoms with E-state index in [1.54, 1.807) is 22.7 Å². The average Bonchev–Trinajstić information content (AvgIpc) is 3.03. The third-order valence-corrected chi connectivity index (χ3v) is 6.31. The van der Waals surface area contributed by atoms with Crippen LogP contribution in [0.5, 0.6) is 0 Å². The summed E-state index contributed by atoms with van der Waals surface area (Å²) in [6, 6.07) is 3.96. The Morgan fingerprint density at radius 2 is 1.40 bits per heavy atom. The first-order chi connectivity index (χ1) is 11.5. The van der Waals surface area contributed by atoms with Crippen molar-refractivity contribution >= 4 is 22.7 Å². The van der Waals surface area contributed by atoms with Gasteiger partial charge in [0.2, 0.25) is 0 Å². The number of imidazole rings is 1. The number of aromatic nitrogens is 2. The molecule has 0 spiro atoms. The predicted molar refractivity (Wildman–Crippen MR) is 97.2 cm³/mol. The van der Waals surface area contributed by atoms with E-state index in [1.807, 2.05) is 39.8 Å². The van der Waals surface area contributed by atoms with Crippen LogP contribution in [0.1, 0.15) is 25.3 Å². The van der Waals surface area contributed by atoms with Crippen molar-refractivity contribution in [2.24, 2.45) is 14.1 Å². The zero-order valence-electron chi connectivity index (χ0n) is 15.0. The molecule has 3 aromatic rings. The minimum Gasteiger partial charge on any atom is -0.221 e. The first kappa shape index (κ1) is 18.2. The monoisotopic (exact) mass is 385 g/mol. The molecular weight excluding hydrogens is 365 g/mol. The maximum Gasteiger partial charge on any atom is 0.495 e. The van der Waals surface area contributed by atoms with Gasteiger partial charge in [-0.3, -0.25) is 0 Å². The van der Waals surface area contributed by atoms with Crippen molar-refractivity contribution in [3.8, 4) is 22.5 Å². The van der Waals surface area contributed by atoms with E-state index in [9.17, 15) is 13.2 Å². The summed E-state index contributed by atoms with van der Waals surface area (Å²) >= 11 is 3.21. The van der Waals surface area contributed by atoms with E-state index in [0.717, 1.165) is 30.6 Å². The summed E-state index contributed by atoms with van der Waals surface area (Å²) in [6.07, 6.45) is -4.42. The van der Waals surface area contributed by atoms with Crippen molar-refractivity contribution in [1.82, 2.24) is 4.57 Å². The SMILES string of the molecule is Cc1cc(-c2c(-c3cc(C)sc3C)[n+](C)c(C(F)(F)F)n2C)c(C)s1. The standard InChI is InChI=1S/C18H20F3N2S2/c1-9-7-13(11(3)24-9)15-16(14-8-10(2)25-12(14)4)23(6)17(22(15)5)18(19,20)21/h7-8H,1-6H3/q+1. The second-order valence-electron chi connectivity index (χ2n) is 6.29. The van der Waals surface area contributed by atoms with Crippen LogP contribution < -0.4 is 4.57 Å². The number of halogens is 3. The largest absolute Gasteiger partial charge is 0.495 e. The molecule has 0 saturated carbocycles. The highest BCUT2D eigenvalue weighted by molar-refractivity contribution is 7.12. The van der Waals surface area contributed by atoms with Crippen molar-refractivity contribution in [3.05, 3.63) is 37.5 Å². The van der Waals surface area contributed by atoms with Gasteiger partial charge >= 0.3 is 12.0 Å². The molecule has 0 aliphatic carbocycles. The first-order valence-corrected chi connectivity index (χ1v) is 9.46.